The van der Waals surface area contributed by atoms with Crippen LogP contribution in [0.3, 0.4) is 0 Å². The highest BCUT2D eigenvalue weighted by Gasteiger charge is 2.16. The number of fused-ring (bicyclic) bond motifs is 6. The number of benzene rings is 4. The van der Waals surface area contributed by atoms with Gasteiger partial charge in [-0.2, -0.15) is 0 Å². The van der Waals surface area contributed by atoms with Crippen molar-refractivity contribution in [3.8, 4) is 11.1 Å². The molecule has 3 nitrogen and oxygen atoms in total. The van der Waals surface area contributed by atoms with Crippen molar-refractivity contribution in [3.63, 3.8) is 0 Å². The molecule has 0 radical (unpaired) electrons. The van der Waals surface area contributed by atoms with E-state index in [4.69, 9.17) is 13.9 Å². The SMILES string of the molecule is BO.c1ccc2c(c1)oc1c(-c3cccc4c3oc3ccccc34)cccc12. The molecule has 0 saturated heterocycles. The summed E-state index contributed by atoms with van der Waals surface area (Å²) < 4.78 is 12.4. The highest BCUT2D eigenvalue weighted by atomic mass is 16.3. The smallest absolute Gasteiger partial charge is 0.252 e. The van der Waals surface area contributed by atoms with Gasteiger partial charge in [0.2, 0.25) is 0 Å². The van der Waals surface area contributed by atoms with Crippen molar-refractivity contribution in [2.45, 2.75) is 0 Å². The number of hydrogen-bond acceptors (Lipinski definition) is 3. The van der Waals surface area contributed by atoms with Crippen LogP contribution < -0.4 is 0 Å². The van der Waals surface area contributed by atoms with Gasteiger partial charge in [0.25, 0.3) is 8.05 Å². The molecular weight excluding hydrogens is 347 g/mol. The largest absolute Gasteiger partial charge is 0.458 e. The molecule has 0 bridgehead atoms. The second-order valence-electron chi connectivity index (χ2n) is 6.56. The Morgan fingerprint density at radius 2 is 0.857 bits per heavy atom. The first-order chi connectivity index (χ1) is 13.9. The molecule has 4 aromatic carbocycles. The van der Waals surface area contributed by atoms with Crippen molar-refractivity contribution < 1.29 is 13.9 Å². The Kier molecular flexibility index (Phi) is 3.92. The Balaban J connectivity index is 0.000000829. The van der Waals surface area contributed by atoms with Crippen molar-refractivity contribution in [1.82, 2.24) is 0 Å². The van der Waals surface area contributed by atoms with E-state index in [0.717, 1.165) is 63.1 Å². The minimum absolute atomic E-state index is 0.904. The standard InChI is InChI=1S/C24H14O2.BH3O/c1-3-13-21-15(7-1)17-9-5-11-19(23(17)25-21)20-12-6-10-18-16-8-2-4-14-22(16)26-24(18)20;1-2/h1-14H;2H,1H2. The molecule has 0 unspecified atom stereocenters. The summed E-state index contributed by atoms with van der Waals surface area (Å²) in [6.45, 7) is 0. The second-order valence-corrected chi connectivity index (χ2v) is 6.56. The Hall–Kier alpha value is -3.50. The Labute approximate surface area is 162 Å². The van der Waals surface area contributed by atoms with Crippen LogP contribution in [0.1, 0.15) is 0 Å². The fraction of sp³-hybridized carbons (Fsp3) is 0. The molecule has 0 spiro atoms. The van der Waals surface area contributed by atoms with Crippen LogP contribution >= 0.6 is 0 Å². The number of furan rings is 2. The van der Waals surface area contributed by atoms with Crippen LogP contribution in [-0.4, -0.2) is 13.1 Å². The van der Waals surface area contributed by atoms with E-state index in [-0.39, 0.29) is 0 Å². The van der Waals surface area contributed by atoms with E-state index in [1.54, 1.807) is 0 Å². The maximum Gasteiger partial charge on any atom is 0.252 e. The van der Waals surface area contributed by atoms with Gasteiger partial charge in [-0.25, -0.2) is 0 Å². The molecular formula is C24H17BO3. The summed E-state index contributed by atoms with van der Waals surface area (Å²) in [6, 6.07) is 28.9. The van der Waals surface area contributed by atoms with Crippen LogP contribution in [-0.2, 0) is 0 Å². The van der Waals surface area contributed by atoms with E-state index in [0.29, 0.717) is 0 Å². The van der Waals surface area contributed by atoms with Gasteiger partial charge in [0.15, 0.2) is 0 Å². The van der Waals surface area contributed by atoms with Crippen molar-refractivity contribution in [3.05, 3.63) is 84.9 Å². The summed E-state index contributed by atoms with van der Waals surface area (Å²) in [6.07, 6.45) is 0. The van der Waals surface area contributed by atoms with Gasteiger partial charge in [0.1, 0.15) is 22.3 Å². The predicted molar refractivity (Wildman–Crippen MR) is 117 cm³/mol. The molecule has 0 aliphatic heterocycles. The predicted octanol–water partition coefficient (Wildman–Crippen LogP) is 5.68. The lowest BCUT2D eigenvalue weighted by atomic mass is 10.00. The Morgan fingerprint density at radius 1 is 0.464 bits per heavy atom. The van der Waals surface area contributed by atoms with Crippen molar-refractivity contribution in [2.24, 2.45) is 0 Å². The first-order valence-electron chi connectivity index (χ1n) is 9.16. The topological polar surface area (TPSA) is 46.5 Å². The summed E-state index contributed by atoms with van der Waals surface area (Å²) in [5.74, 6) is 0. The number of hydrogen-bond donors (Lipinski definition) is 1. The van der Waals surface area contributed by atoms with Gasteiger partial charge < -0.3 is 13.9 Å². The van der Waals surface area contributed by atoms with Crippen molar-refractivity contribution in [2.75, 3.05) is 0 Å². The van der Waals surface area contributed by atoms with Crippen LogP contribution in [0.4, 0.5) is 0 Å². The average Bonchev–Trinajstić information content (AvgIpc) is 3.33. The molecule has 0 aliphatic carbocycles. The van der Waals surface area contributed by atoms with E-state index in [1.807, 2.05) is 36.4 Å². The fourth-order valence-corrected chi connectivity index (χ4v) is 3.92. The zero-order valence-electron chi connectivity index (χ0n) is 15.3. The lowest BCUT2D eigenvalue weighted by Crippen LogP contribution is -1.80. The third kappa shape index (κ3) is 2.35. The zero-order chi connectivity index (χ0) is 19.1. The monoisotopic (exact) mass is 364 g/mol. The van der Waals surface area contributed by atoms with Crippen molar-refractivity contribution in [1.29, 1.82) is 0 Å². The van der Waals surface area contributed by atoms with Crippen LogP contribution in [0, 0.1) is 0 Å². The van der Waals surface area contributed by atoms with E-state index in [2.05, 4.69) is 48.5 Å². The van der Waals surface area contributed by atoms with E-state index in [1.165, 1.54) is 0 Å². The molecule has 6 rings (SSSR count). The zero-order valence-corrected chi connectivity index (χ0v) is 15.3. The minimum atomic E-state index is 0.904. The lowest BCUT2D eigenvalue weighted by Gasteiger charge is -2.03. The van der Waals surface area contributed by atoms with Crippen LogP contribution in [0.25, 0.3) is 55.0 Å². The average molecular weight is 364 g/mol. The molecule has 0 saturated carbocycles. The molecule has 0 atom stereocenters. The van der Waals surface area contributed by atoms with Gasteiger partial charge in [0, 0.05) is 32.7 Å². The molecule has 6 aromatic rings. The van der Waals surface area contributed by atoms with Gasteiger partial charge >= 0.3 is 0 Å². The van der Waals surface area contributed by atoms with Gasteiger partial charge in [-0.1, -0.05) is 72.8 Å². The van der Waals surface area contributed by atoms with Gasteiger partial charge in [0.05, 0.1) is 0 Å². The summed E-state index contributed by atoms with van der Waals surface area (Å²) in [5.41, 5.74) is 5.74. The highest BCUT2D eigenvalue weighted by molar-refractivity contribution is 6.14. The molecule has 2 aromatic heterocycles. The van der Waals surface area contributed by atoms with E-state index in [9.17, 15) is 0 Å². The number of rotatable bonds is 1. The Bertz CT molecular complexity index is 1330. The van der Waals surface area contributed by atoms with Crippen LogP contribution in [0.2, 0.25) is 0 Å². The van der Waals surface area contributed by atoms with Crippen LogP contribution in [0.15, 0.2) is 93.8 Å². The normalized spacial score (nSPS) is 11.2. The van der Waals surface area contributed by atoms with E-state index >= 15 is 0 Å². The third-order valence-corrected chi connectivity index (χ3v) is 5.10. The summed E-state index contributed by atoms with van der Waals surface area (Å²) >= 11 is 0. The lowest BCUT2D eigenvalue weighted by molar-refractivity contribution is 0.629. The highest BCUT2D eigenvalue weighted by Crippen LogP contribution is 2.40. The molecule has 0 aliphatic rings. The third-order valence-electron chi connectivity index (χ3n) is 5.10. The molecule has 134 valence electrons. The summed E-state index contributed by atoms with van der Waals surface area (Å²) in [7, 11) is 1.00. The molecule has 1 N–H and O–H groups in total. The van der Waals surface area contributed by atoms with Crippen LogP contribution in [0.5, 0.6) is 0 Å². The van der Waals surface area contributed by atoms with Gasteiger partial charge in [-0.15, -0.1) is 0 Å². The van der Waals surface area contributed by atoms with Gasteiger partial charge in [-0.05, 0) is 12.1 Å². The second kappa shape index (κ2) is 6.59. The molecule has 28 heavy (non-hydrogen) atoms. The summed E-state index contributed by atoms with van der Waals surface area (Å²) in [4.78, 5) is 0. The number of para-hydroxylation sites is 4. The quantitative estimate of drug-likeness (QED) is 0.382. The summed E-state index contributed by atoms with van der Waals surface area (Å²) in [5, 5.41) is 11.5. The molecule has 4 heteroatoms. The maximum atomic E-state index is 7.00. The molecule has 0 fully saturated rings. The first kappa shape index (κ1) is 16.7. The van der Waals surface area contributed by atoms with E-state index < -0.39 is 0 Å². The molecule has 0 amide bonds. The minimum Gasteiger partial charge on any atom is -0.458 e. The molecule has 2 heterocycles. The first-order valence-corrected chi connectivity index (χ1v) is 9.16. The fourth-order valence-electron chi connectivity index (χ4n) is 3.92. The Morgan fingerprint density at radius 3 is 1.32 bits per heavy atom. The maximum absolute atomic E-state index is 7.00. The van der Waals surface area contributed by atoms with Crippen molar-refractivity contribution >= 4 is 51.9 Å². The van der Waals surface area contributed by atoms with Gasteiger partial charge in [-0.3, -0.25) is 0 Å².